The monoisotopic (exact) mass is 255 g/mol. The van der Waals surface area contributed by atoms with E-state index in [0.29, 0.717) is 23.6 Å². The van der Waals surface area contributed by atoms with Gasteiger partial charge in [-0.15, -0.1) is 0 Å². The second-order valence-electron chi connectivity index (χ2n) is 4.30. The minimum Gasteiger partial charge on any atom is -0.309 e. The van der Waals surface area contributed by atoms with Gasteiger partial charge < -0.3 is 4.90 Å². The molecule has 1 aromatic heterocycles. The van der Waals surface area contributed by atoms with Crippen LogP contribution in [0.4, 0.5) is 5.69 Å². The molecule has 0 aliphatic heterocycles. The maximum Gasteiger partial charge on any atom is 0.261 e. The molecular formula is C15H17N3O. The number of carbonyl (C=O) groups is 1. The Labute approximate surface area is 113 Å². The van der Waals surface area contributed by atoms with E-state index in [1.807, 2.05) is 51.1 Å². The molecule has 1 heterocycles. The number of amides is 1. The van der Waals surface area contributed by atoms with Crippen molar-refractivity contribution in [3.05, 3.63) is 53.6 Å². The molecule has 0 fully saturated rings. The van der Waals surface area contributed by atoms with Crippen molar-refractivity contribution in [2.45, 2.75) is 20.8 Å². The quantitative estimate of drug-likeness (QED) is 0.847. The fourth-order valence-electron chi connectivity index (χ4n) is 1.99. The van der Waals surface area contributed by atoms with E-state index in [-0.39, 0.29) is 5.91 Å². The number of rotatable bonds is 3. The highest BCUT2D eigenvalue weighted by Crippen LogP contribution is 2.17. The first-order valence-corrected chi connectivity index (χ1v) is 6.30. The molecule has 0 radical (unpaired) electrons. The number of benzene rings is 1. The first kappa shape index (κ1) is 13.2. The lowest BCUT2D eigenvalue weighted by Crippen LogP contribution is -2.31. The highest BCUT2D eigenvalue weighted by molar-refractivity contribution is 6.06. The lowest BCUT2D eigenvalue weighted by Gasteiger charge is -2.21. The molecule has 0 spiro atoms. The van der Waals surface area contributed by atoms with E-state index in [2.05, 4.69) is 9.97 Å². The Kier molecular flexibility index (Phi) is 3.90. The van der Waals surface area contributed by atoms with Crippen LogP contribution in [0.25, 0.3) is 0 Å². The average Bonchev–Trinajstić information content (AvgIpc) is 2.40. The summed E-state index contributed by atoms with van der Waals surface area (Å²) in [5.74, 6) is 0.614. The molecule has 0 N–H and O–H groups in total. The van der Waals surface area contributed by atoms with Crippen molar-refractivity contribution < 1.29 is 4.79 Å². The summed E-state index contributed by atoms with van der Waals surface area (Å²) in [6.45, 7) is 6.21. The molecule has 0 atom stereocenters. The second-order valence-corrected chi connectivity index (χ2v) is 4.30. The minimum atomic E-state index is -0.0637. The zero-order valence-corrected chi connectivity index (χ0v) is 11.4. The van der Waals surface area contributed by atoms with Gasteiger partial charge in [0, 0.05) is 18.4 Å². The minimum absolute atomic E-state index is 0.0637. The molecule has 4 heteroatoms. The van der Waals surface area contributed by atoms with Crippen molar-refractivity contribution in [2.75, 3.05) is 11.4 Å². The van der Waals surface area contributed by atoms with Crippen LogP contribution in [-0.4, -0.2) is 22.4 Å². The van der Waals surface area contributed by atoms with Gasteiger partial charge >= 0.3 is 0 Å². The zero-order chi connectivity index (χ0) is 13.8. The van der Waals surface area contributed by atoms with Gasteiger partial charge in [0.2, 0.25) is 0 Å². The second kappa shape index (κ2) is 5.61. The summed E-state index contributed by atoms with van der Waals surface area (Å²) in [6.07, 6.45) is 1.60. The first-order valence-electron chi connectivity index (χ1n) is 6.30. The topological polar surface area (TPSA) is 46.1 Å². The van der Waals surface area contributed by atoms with Crippen LogP contribution in [0.2, 0.25) is 0 Å². The molecular weight excluding hydrogens is 238 g/mol. The summed E-state index contributed by atoms with van der Waals surface area (Å²) in [6, 6.07) is 9.62. The van der Waals surface area contributed by atoms with E-state index in [4.69, 9.17) is 0 Å². The summed E-state index contributed by atoms with van der Waals surface area (Å²) < 4.78 is 0. The van der Waals surface area contributed by atoms with Crippen LogP contribution in [0.15, 0.2) is 36.5 Å². The van der Waals surface area contributed by atoms with Gasteiger partial charge in [0.25, 0.3) is 5.91 Å². The molecule has 19 heavy (non-hydrogen) atoms. The third-order valence-corrected chi connectivity index (χ3v) is 2.96. The highest BCUT2D eigenvalue weighted by Gasteiger charge is 2.18. The number of anilines is 1. The summed E-state index contributed by atoms with van der Waals surface area (Å²) in [7, 11) is 0. The third kappa shape index (κ3) is 2.78. The summed E-state index contributed by atoms with van der Waals surface area (Å²) in [4.78, 5) is 22.6. The Morgan fingerprint density at radius 3 is 2.47 bits per heavy atom. The Morgan fingerprint density at radius 1 is 1.21 bits per heavy atom. The summed E-state index contributed by atoms with van der Waals surface area (Å²) >= 11 is 0. The van der Waals surface area contributed by atoms with Gasteiger partial charge in [-0.3, -0.25) is 4.79 Å². The predicted octanol–water partition coefficient (Wildman–Crippen LogP) is 2.76. The van der Waals surface area contributed by atoms with E-state index in [0.717, 1.165) is 5.69 Å². The largest absolute Gasteiger partial charge is 0.309 e. The van der Waals surface area contributed by atoms with E-state index in [1.165, 1.54) is 0 Å². The normalized spacial score (nSPS) is 10.3. The number of nitrogens with zero attached hydrogens (tertiary/aromatic N) is 3. The number of aromatic nitrogens is 2. The smallest absolute Gasteiger partial charge is 0.261 e. The summed E-state index contributed by atoms with van der Waals surface area (Å²) in [5.41, 5.74) is 2.15. The Bertz CT molecular complexity index is 581. The molecule has 1 aromatic carbocycles. The molecule has 4 nitrogen and oxygen atoms in total. The van der Waals surface area contributed by atoms with E-state index >= 15 is 0 Å². The average molecular weight is 255 g/mol. The molecule has 0 aliphatic carbocycles. The van der Waals surface area contributed by atoms with Crippen molar-refractivity contribution >= 4 is 11.6 Å². The van der Waals surface area contributed by atoms with Gasteiger partial charge in [0.1, 0.15) is 5.82 Å². The number of hydrogen-bond acceptors (Lipinski definition) is 3. The van der Waals surface area contributed by atoms with Gasteiger partial charge in [0.05, 0.1) is 11.3 Å². The van der Waals surface area contributed by atoms with Gasteiger partial charge in [0.15, 0.2) is 0 Å². The predicted molar refractivity (Wildman–Crippen MR) is 75.3 cm³/mol. The SMILES string of the molecule is CCN(C(=O)c1cnc(C)nc1C)c1ccccc1. The zero-order valence-electron chi connectivity index (χ0n) is 11.4. The van der Waals surface area contributed by atoms with Crippen molar-refractivity contribution in [1.29, 1.82) is 0 Å². The first-order chi connectivity index (χ1) is 9.13. The van der Waals surface area contributed by atoms with Crippen molar-refractivity contribution in [1.82, 2.24) is 9.97 Å². The van der Waals surface area contributed by atoms with E-state index in [9.17, 15) is 4.79 Å². The van der Waals surface area contributed by atoms with Crippen LogP contribution in [0, 0.1) is 13.8 Å². The maximum absolute atomic E-state index is 12.6. The molecule has 0 bridgehead atoms. The standard InChI is InChI=1S/C15H17N3O/c1-4-18(13-8-6-5-7-9-13)15(19)14-10-16-12(3)17-11(14)2/h5-10H,4H2,1-3H3. The van der Waals surface area contributed by atoms with Gasteiger partial charge in [-0.2, -0.15) is 0 Å². The maximum atomic E-state index is 12.6. The molecule has 0 saturated heterocycles. The van der Waals surface area contributed by atoms with E-state index in [1.54, 1.807) is 11.1 Å². The Hall–Kier alpha value is -2.23. The van der Waals surface area contributed by atoms with Gasteiger partial charge in [-0.1, -0.05) is 18.2 Å². The lowest BCUT2D eigenvalue weighted by molar-refractivity contribution is 0.0987. The van der Waals surface area contributed by atoms with Crippen LogP contribution in [-0.2, 0) is 0 Å². The highest BCUT2D eigenvalue weighted by atomic mass is 16.2. The molecule has 0 aliphatic rings. The molecule has 98 valence electrons. The van der Waals surface area contributed by atoms with Crippen LogP contribution in [0.1, 0.15) is 28.8 Å². The Balaban J connectivity index is 2.36. The number of carbonyl (C=O) groups excluding carboxylic acids is 1. The lowest BCUT2D eigenvalue weighted by atomic mass is 10.2. The Morgan fingerprint density at radius 2 is 1.89 bits per heavy atom. The fraction of sp³-hybridized carbons (Fsp3) is 0.267. The van der Waals surface area contributed by atoms with E-state index < -0.39 is 0 Å². The number of para-hydroxylation sites is 1. The van der Waals surface area contributed by atoms with Gasteiger partial charge in [-0.05, 0) is 32.9 Å². The molecule has 1 amide bonds. The molecule has 0 unspecified atom stereocenters. The number of aryl methyl sites for hydroxylation is 2. The van der Waals surface area contributed by atoms with Crippen molar-refractivity contribution in [2.24, 2.45) is 0 Å². The van der Waals surface area contributed by atoms with Crippen LogP contribution >= 0.6 is 0 Å². The molecule has 0 saturated carbocycles. The van der Waals surface area contributed by atoms with Crippen LogP contribution in [0.5, 0.6) is 0 Å². The van der Waals surface area contributed by atoms with Gasteiger partial charge in [-0.25, -0.2) is 9.97 Å². The van der Waals surface area contributed by atoms with Crippen LogP contribution < -0.4 is 4.90 Å². The van der Waals surface area contributed by atoms with Crippen molar-refractivity contribution in [3.8, 4) is 0 Å². The van der Waals surface area contributed by atoms with Crippen LogP contribution in [0.3, 0.4) is 0 Å². The fourth-order valence-corrected chi connectivity index (χ4v) is 1.99. The number of hydrogen-bond donors (Lipinski definition) is 0. The third-order valence-electron chi connectivity index (χ3n) is 2.96. The van der Waals surface area contributed by atoms with Crippen molar-refractivity contribution in [3.63, 3.8) is 0 Å². The molecule has 2 rings (SSSR count). The molecule has 2 aromatic rings. The summed E-state index contributed by atoms with van der Waals surface area (Å²) in [5, 5.41) is 0.